The van der Waals surface area contributed by atoms with Crippen molar-refractivity contribution in [1.29, 1.82) is 0 Å². The summed E-state index contributed by atoms with van der Waals surface area (Å²) in [7, 11) is 1.95. The fraction of sp³-hybridized carbons (Fsp3) is 0.583. The van der Waals surface area contributed by atoms with E-state index in [4.69, 9.17) is 4.74 Å². The summed E-state index contributed by atoms with van der Waals surface area (Å²) in [5.41, 5.74) is 1.07. The van der Waals surface area contributed by atoms with Crippen LogP contribution in [0.15, 0.2) is 18.3 Å². The monoisotopic (exact) mass is 208 g/mol. The van der Waals surface area contributed by atoms with E-state index in [1.165, 1.54) is 0 Å². The molecule has 1 rings (SSSR count). The van der Waals surface area contributed by atoms with E-state index in [1.807, 2.05) is 33.0 Å². The number of ether oxygens (including phenoxy) is 1. The Kier molecular flexibility index (Phi) is 4.56. The van der Waals surface area contributed by atoms with Crippen LogP contribution < -0.4 is 10.1 Å². The maximum atomic E-state index is 5.53. The van der Waals surface area contributed by atoms with Gasteiger partial charge in [0.25, 0.3) is 0 Å². The van der Waals surface area contributed by atoms with E-state index >= 15 is 0 Å². The van der Waals surface area contributed by atoms with Crippen molar-refractivity contribution >= 4 is 0 Å². The predicted octanol–water partition coefficient (Wildman–Crippen LogP) is 2.54. The molecule has 0 bridgehead atoms. The summed E-state index contributed by atoms with van der Waals surface area (Å²) in [5.74, 6) is 0.833. The van der Waals surface area contributed by atoms with Gasteiger partial charge in [-0.3, -0.25) is 4.98 Å². The third-order valence-corrected chi connectivity index (χ3v) is 2.24. The number of nitrogens with one attached hydrogen (secondary N) is 1. The zero-order valence-corrected chi connectivity index (χ0v) is 9.95. The summed E-state index contributed by atoms with van der Waals surface area (Å²) in [4.78, 5) is 4.39. The summed E-state index contributed by atoms with van der Waals surface area (Å²) in [6.07, 6.45) is 3.02. The van der Waals surface area contributed by atoms with Crippen LogP contribution in [-0.2, 0) is 0 Å². The van der Waals surface area contributed by atoms with Gasteiger partial charge >= 0.3 is 0 Å². The number of aromatic nitrogens is 1. The summed E-state index contributed by atoms with van der Waals surface area (Å²) >= 11 is 0. The molecule has 0 saturated heterocycles. The van der Waals surface area contributed by atoms with Crippen LogP contribution in [0.1, 0.15) is 38.9 Å². The zero-order chi connectivity index (χ0) is 11.3. The van der Waals surface area contributed by atoms with Gasteiger partial charge in [0.05, 0.1) is 18.0 Å². The molecule has 3 heteroatoms. The molecule has 0 aromatic carbocycles. The van der Waals surface area contributed by atoms with Crippen molar-refractivity contribution in [2.45, 2.75) is 39.3 Å². The Morgan fingerprint density at radius 2 is 2.13 bits per heavy atom. The standard InChI is InChI=1S/C12H20N2O/c1-5-11(13-4)12-7-6-10(8-14-12)15-9(2)3/h6-9,11,13H,5H2,1-4H3. The van der Waals surface area contributed by atoms with Crippen LogP contribution in [0, 0.1) is 0 Å². The Morgan fingerprint density at radius 1 is 1.40 bits per heavy atom. The first-order valence-corrected chi connectivity index (χ1v) is 5.47. The number of rotatable bonds is 5. The molecule has 0 spiro atoms. The van der Waals surface area contributed by atoms with E-state index in [0.29, 0.717) is 6.04 Å². The highest BCUT2D eigenvalue weighted by molar-refractivity contribution is 5.21. The topological polar surface area (TPSA) is 34.1 Å². The lowest BCUT2D eigenvalue weighted by atomic mass is 10.1. The molecule has 3 nitrogen and oxygen atoms in total. The molecule has 15 heavy (non-hydrogen) atoms. The van der Waals surface area contributed by atoms with Crippen molar-refractivity contribution in [3.8, 4) is 5.75 Å². The van der Waals surface area contributed by atoms with E-state index in [2.05, 4.69) is 17.2 Å². The highest BCUT2D eigenvalue weighted by Crippen LogP contribution is 2.17. The molecule has 84 valence electrons. The first-order valence-electron chi connectivity index (χ1n) is 5.47. The first kappa shape index (κ1) is 12.0. The summed E-state index contributed by atoms with van der Waals surface area (Å²) in [6, 6.07) is 4.32. The molecule has 1 unspecified atom stereocenters. The smallest absolute Gasteiger partial charge is 0.137 e. The van der Waals surface area contributed by atoms with Crippen molar-refractivity contribution < 1.29 is 4.74 Å². The second-order valence-electron chi connectivity index (χ2n) is 3.83. The molecule has 1 N–H and O–H groups in total. The van der Waals surface area contributed by atoms with Crippen LogP contribution in [0.4, 0.5) is 0 Å². The lowest BCUT2D eigenvalue weighted by Gasteiger charge is -2.14. The maximum Gasteiger partial charge on any atom is 0.137 e. The van der Waals surface area contributed by atoms with Crippen LogP contribution in [-0.4, -0.2) is 18.1 Å². The number of pyridine rings is 1. The minimum atomic E-state index is 0.198. The normalized spacial score (nSPS) is 12.9. The molecule has 1 heterocycles. The summed E-state index contributed by atoms with van der Waals surface area (Å²) < 4.78 is 5.53. The number of nitrogens with zero attached hydrogens (tertiary/aromatic N) is 1. The minimum Gasteiger partial charge on any atom is -0.489 e. The Morgan fingerprint density at radius 3 is 2.53 bits per heavy atom. The van der Waals surface area contributed by atoms with E-state index in [-0.39, 0.29) is 6.10 Å². The average Bonchev–Trinajstić information content (AvgIpc) is 2.21. The average molecular weight is 208 g/mol. The fourth-order valence-electron chi connectivity index (χ4n) is 1.50. The molecule has 1 aromatic heterocycles. The third kappa shape index (κ3) is 3.51. The highest BCUT2D eigenvalue weighted by Gasteiger charge is 2.07. The molecule has 1 atom stereocenters. The molecule has 0 amide bonds. The van der Waals surface area contributed by atoms with Crippen molar-refractivity contribution in [2.75, 3.05) is 7.05 Å². The van der Waals surface area contributed by atoms with Gasteiger partial charge in [0.2, 0.25) is 0 Å². The van der Waals surface area contributed by atoms with E-state index in [9.17, 15) is 0 Å². The van der Waals surface area contributed by atoms with Gasteiger partial charge in [0, 0.05) is 6.04 Å². The third-order valence-electron chi connectivity index (χ3n) is 2.24. The molecular weight excluding hydrogens is 188 g/mol. The van der Waals surface area contributed by atoms with Crippen LogP contribution in [0.2, 0.25) is 0 Å². The lowest BCUT2D eigenvalue weighted by molar-refractivity contribution is 0.241. The van der Waals surface area contributed by atoms with Gasteiger partial charge in [0.1, 0.15) is 5.75 Å². The van der Waals surface area contributed by atoms with Crippen LogP contribution in [0.5, 0.6) is 5.75 Å². The molecule has 1 aromatic rings. The predicted molar refractivity (Wildman–Crippen MR) is 62.1 cm³/mol. The Bertz CT molecular complexity index is 278. The van der Waals surface area contributed by atoms with Crippen molar-refractivity contribution in [2.24, 2.45) is 0 Å². The molecule has 0 aliphatic heterocycles. The molecular formula is C12H20N2O. The van der Waals surface area contributed by atoms with Gasteiger partial charge < -0.3 is 10.1 Å². The minimum absolute atomic E-state index is 0.198. The van der Waals surface area contributed by atoms with Gasteiger partial charge in [-0.1, -0.05) is 6.92 Å². The molecule has 0 saturated carbocycles. The van der Waals surface area contributed by atoms with Crippen molar-refractivity contribution in [3.63, 3.8) is 0 Å². The maximum absolute atomic E-state index is 5.53. The van der Waals surface area contributed by atoms with Crippen molar-refractivity contribution in [3.05, 3.63) is 24.0 Å². The molecule has 0 fully saturated rings. The number of hydrogen-bond acceptors (Lipinski definition) is 3. The summed E-state index contributed by atoms with van der Waals surface area (Å²) in [6.45, 7) is 6.16. The zero-order valence-electron chi connectivity index (χ0n) is 9.95. The van der Waals surface area contributed by atoms with Crippen LogP contribution >= 0.6 is 0 Å². The largest absolute Gasteiger partial charge is 0.489 e. The second-order valence-corrected chi connectivity index (χ2v) is 3.83. The van der Waals surface area contributed by atoms with Gasteiger partial charge in [-0.05, 0) is 39.4 Å². The lowest BCUT2D eigenvalue weighted by Crippen LogP contribution is -2.16. The molecule has 0 radical (unpaired) electrons. The van der Waals surface area contributed by atoms with Gasteiger partial charge in [-0.25, -0.2) is 0 Å². The van der Waals surface area contributed by atoms with Crippen LogP contribution in [0.3, 0.4) is 0 Å². The molecule has 0 aliphatic carbocycles. The van der Waals surface area contributed by atoms with Crippen molar-refractivity contribution in [1.82, 2.24) is 10.3 Å². The summed E-state index contributed by atoms with van der Waals surface area (Å²) in [5, 5.41) is 3.22. The van der Waals surface area contributed by atoms with Gasteiger partial charge in [0.15, 0.2) is 0 Å². The molecule has 0 aliphatic rings. The Hall–Kier alpha value is -1.09. The first-order chi connectivity index (χ1) is 7.17. The highest BCUT2D eigenvalue weighted by atomic mass is 16.5. The fourth-order valence-corrected chi connectivity index (χ4v) is 1.50. The van der Waals surface area contributed by atoms with Crippen LogP contribution in [0.25, 0.3) is 0 Å². The Balaban J connectivity index is 2.71. The van der Waals surface area contributed by atoms with E-state index in [0.717, 1.165) is 17.9 Å². The number of hydrogen-bond donors (Lipinski definition) is 1. The quantitative estimate of drug-likeness (QED) is 0.807. The van der Waals surface area contributed by atoms with E-state index in [1.54, 1.807) is 6.20 Å². The van der Waals surface area contributed by atoms with Gasteiger partial charge in [-0.15, -0.1) is 0 Å². The van der Waals surface area contributed by atoms with Gasteiger partial charge in [-0.2, -0.15) is 0 Å². The Labute approximate surface area is 91.9 Å². The SMILES string of the molecule is CCC(NC)c1ccc(OC(C)C)cn1. The second kappa shape index (κ2) is 5.71. The van der Waals surface area contributed by atoms with E-state index < -0.39 is 0 Å².